The van der Waals surface area contributed by atoms with Crippen molar-refractivity contribution < 1.29 is 13.2 Å². The maximum absolute atomic E-state index is 12.8. The second-order valence-electron chi connectivity index (χ2n) is 3.76. The summed E-state index contributed by atoms with van der Waals surface area (Å²) in [7, 11) is 0. The van der Waals surface area contributed by atoms with Gasteiger partial charge in [0, 0.05) is 6.42 Å². The van der Waals surface area contributed by atoms with E-state index < -0.39 is 17.5 Å². The zero-order valence-electron chi connectivity index (χ0n) is 8.75. The van der Waals surface area contributed by atoms with Crippen molar-refractivity contribution in [1.82, 2.24) is 0 Å². The van der Waals surface area contributed by atoms with E-state index in [1.807, 2.05) is 0 Å². The van der Waals surface area contributed by atoms with Crippen molar-refractivity contribution in [1.29, 1.82) is 0 Å². The maximum Gasteiger partial charge on any atom is 0.189 e. The highest BCUT2D eigenvalue weighted by atomic mass is 19.2. The molecular formula is C11H17F3. The Balaban J connectivity index is 3.79. The summed E-state index contributed by atoms with van der Waals surface area (Å²) in [5.41, 5.74) is 0. The van der Waals surface area contributed by atoms with E-state index in [2.05, 4.69) is 20.4 Å². The first kappa shape index (κ1) is 13.3. The van der Waals surface area contributed by atoms with Crippen LogP contribution in [0, 0.1) is 5.92 Å². The van der Waals surface area contributed by atoms with Gasteiger partial charge in [-0.3, -0.25) is 0 Å². The normalized spacial score (nSPS) is 13.0. The van der Waals surface area contributed by atoms with Crippen LogP contribution in [0.25, 0.3) is 0 Å². The van der Waals surface area contributed by atoms with E-state index in [9.17, 15) is 13.2 Å². The van der Waals surface area contributed by atoms with Crippen molar-refractivity contribution >= 4 is 0 Å². The Labute approximate surface area is 83.5 Å². The summed E-state index contributed by atoms with van der Waals surface area (Å²) in [6, 6.07) is 0. The zero-order chi connectivity index (χ0) is 11.1. The van der Waals surface area contributed by atoms with Crippen LogP contribution in [-0.2, 0) is 0 Å². The number of hydrogen-bond acceptors (Lipinski definition) is 0. The van der Waals surface area contributed by atoms with E-state index in [1.54, 1.807) is 0 Å². The van der Waals surface area contributed by atoms with Crippen molar-refractivity contribution in [2.75, 3.05) is 0 Å². The Morgan fingerprint density at radius 3 is 2.14 bits per heavy atom. The first-order chi connectivity index (χ1) is 6.45. The van der Waals surface area contributed by atoms with Gasteiger partial charge in [0.1, 0.15) is 5.83 Å². The van der Waals surface area contributed by atoms with Crippen molar-refractivity contribution in [3.05, 3.63) is 24.1 Å². The van der Waals surface area contributed by atoms with Gasteiger partial charge in [0.2, 0.25) is 0 Å². The average Bonchev–Trinajstić information content (AvgIpc) is 2.10. The number of hydrogen-bond donors (Lipinski definition) is 0. The van der Waals surface area contributed by atoms with Gasteiger partial charge in [-0.15, -0.1) is 0 Å². The van der Waals surface area contributed by atoms with E-state index in [-0.39, 0.29) is 6.42 Å². The fourth-order valence-electron chi connectivity index (χ4n) is 1.09. The quantitative estimate of drug-likeness (QED) is 0.431. The van der Waals surface area contributed by atoms with Crippen LogP contribution < -0.4 is 0 Å². The lowest BCUT2D eigenvalue weighted by Gasteiger charge is -2.03. The summed E-state index contributed by atoms with van der Waals surface area (Å²) in [4.78, 5) is 0. The first-order valence-electron chi connectivity index (χ1n) is 4.84. The third-order valence-corrected chi connectivity index (χ3v) is 1.90. The molecule has 0 aliphatic carbocycles. The van der Waals surface area contributed by atoms with Gasteiger partial charge in [-0.05, 0) is 12.3 Å². The molecule has 0 bridgehead atoms. The van der Waals surface area contributed by atoms with Crippen molar-refractivity contribution in [2.24, 2.45) is 5.92 Å². The Morgan fingerprint density at radius 1 is 1.14 bits per heavy atom. The summed E-state index contributed by atoms with van der Waals surface area (Å²) >= 11 is 0. The minimum Gasteiger partial charge on any atom is -0.208 e. The molecule has 0 unspecified atom stereocenters. The Hall–Kier alpha value is -0.730. The number of allylic oxidation sites excluding steroid dienone is 3. The monoisotopic (exact) mass is 206 g/mol. The van der Waals surface area contributed by atoms with Crippen LogP contribution >= 0.6 is 0 Å². The summed E-state index contributed by atoms with van der Waals surface area (Å²) in [5, 5.41) is 0. The molecule has 0 aliphatic heterocycles. The smallest absolute Gasteiger partial charge is 0.189 e. The molecule has 0 heterocycles. The fourth-order valence-corrected chi connectivity index (χ4v) is 1.09. The highest BCUT2D eigenvalue weighted by Crippen LogP contribution is 2.22. The van der Waals surface area contributed by atoms with Gasteiger partial charge in [0.25, 0.3) is 0 Å². The molecule has 0 atom stereocenters. The van der Waals surface area contributed by atoms with Crippen LogP contribution in [0.15, 0.2) is 24.1 Å². The highest BCUT2D eigenvalue weighted by Gasteiger charge is 2.09. The molecule has 3 heteroatoms. The lowest BCUT2D eigenvalue weighted by molar-refractivity contribution is 0.459. The van der Waals surface area contributed by atoms with Gasteiger partial charge in [-0.2, -0.15) is 0 Å². The summed E-state index contributed by atoms with van der Waals surface area (Å²) in [5.74, 6) is -3.23. The molecule has 0 fully saturated rings. The molecule has 0 saturated carbocycles. The molecule has 0 aromatic heterocycles. The van der Waals surface area contributed by atoms with Crippen LogP contribution in [0.5, 0.6) is 0 Å². The van der Waals surface area contributed by atoms with Crippen LogP contribution in [0.2, 0.25) is 0 Å². The largest absolute Gasteiger partial charge is 0.208 e. The zero-order valence-corrected chi connectivity index (χ0v) is 8.75. The van der Waals surface area contributed by atoms with E-state index in [0.29, 0.717) is 12.3 Å². The molecule has 82 valence electrons. The highest BCUT2D eigenvalue weighted by molar-refractivity contribution is 5.18. The molecule has 0 radical (unpaired) electrons. The van der Waals surface area contributed by atoms with Crippen molar-refractivity contribution in [3.8, 4) is 0 Å². The van der Waals surface area contributed by atoms with Gasteiger partial charge < -0.3 is 0 Å². The van der Waals surface area contributed by atoms with E-state index >= 15 is 0 Å². The predicted octanol–water partition coefficient (Wildman–Crippen LogP) is 4.84. The third kappa shape index (κ3) is 5.84. The Kier molecular flexibility index (Phi) is 6.34. The van der Waals surface area contributed by atoms with Crippen molar-refractivity contribution in [3.63, 3.8) is 0 Å². The Morgan fingerprint density at radius 2 is 1.71 bits per heavy atom. The van der Waals surface area contributed by atoms with Crippen LogP contribution in [-0.4, -0.2) is 0 Å². The molecular weight excluding hydrogens is 189 g/mol. The second kappa shape index (κ2) is 6.68. The molecule has 0 aromatic carbocycles. The molecule has 0 aliphatic rings. The van der Waals surface area contributed by atoms with Crippen LogP contribution in [0.4, 0.5) is 13.2 Å². The van der Waals surface area contributed by atoms with E-state index in [1.165, 1.54) is 0 Å². The standard InChI is InChI=1S/C11H17F3/c1-8(2)6-4-5-7-10(13)11(14)9(3)12/h8H,3-7H2,1-2H3/b11-10-. The first-order valence-corrected chi connectivity index (χ1v) is 4.84. The van der Waals surface area contributed by atoms with Gasteiger partial charge in [-0.1, -0.05) is 33.3 Å². The number of unbranched alkanes of at least 4 members (excludes halogenated alkanes) is 1. The number of halogens is 3. The molecule has 0 spiro atoms. The lowest BCUT2D eigenvalue weighted by atomic mass is 10.1. The van der Waals surface area contributed by atoms with Crippen LogP contribution in [0.1, 0.15) is 39.5 Å². The van der Waals surface area contributed by atoms with E-state index in [0.717, 1.165) is 12.8 Å². The predicted molar refractivity (Wildman–Crippen MR) is 52.8 cm³/mol. The fraction of sp³-hybridized carbons (Fsp3) is 0.636. The second-order valence-corrected chi connectivity index (χ2v) is 3.76. The van der Waals surface area contributed by atoms with Gasteiger partial charge in [0.15, 0.2) is 11.7 Å². The minimum atomic E-state index is -1.44. The summed E-state index contributed by atoms with van der Waals surface area (Å²) in [6.07, 6.45) is 2.31. The molecule has 0 aromatic rings. The summed E-state index contributed by atoms with van der Waals surface area (Å²) in [6.45, 7) is 6.82. The Bertz CT molecular complexity index is 217. The average molecular weight is 206 g/mol. The maximum atomic E-state index is 12.8. The SMILES string of the molecule is C=C(F)/C(F)=C(/F)CCCCC(C)C. The summed E-state index contributed by atoms with van der Waals surface area (Å²) < 4.78 is 37.4. The lowest BCUT2D eigenvalue weighted by Crippen LogP contribution is -1.88. The van der Waals surface area contributed by atoms with Gasteiger partial charge in [-0.25, -0.2) is 13.2 Å². The van der Waals surface area contributed by atoms with Crippen LogP contribution in [0.3, 0.4) is 0 Å². The molecule has 0 saturated heterocycles. The third-order valence-electron chi connectivity index (χ3n) is 1.90. The van der Waals surface area contributed by atoms with Gasteiger partial charge >= 0.3 is 0 Å². The van der Waals surface area contributed by atoms with Crippen molar-refractivity contribution in [2.45, 2.75) is 39.5 Å². The topological polar surface area (TPSA) is 0 Å². The van der Waals surface area contributed by atoms with E-state index in [4.69, 9.17) is 0 Å². The molecule has 0 amide bonds. The molecule has 0 N–H and O–H groups in total. The number of rotatable bonds is 6. The van der Waals surface area contributed by atoms with Gasteiger partial charge in [0.05, 0.1) is 0 Å². The molecule has 0 rings (SSSR count). The molecule has 14 heavy (non-hydrogen) atoms. The molecule has 0 nitrogen and oxygen atoms in total. The minimum absolute atomic E-state index is 0.0402.